The van der Waals surface area contributed by atoms with Gasteiger partial charge in [-0.3, -0.25) is 0 Å². The largest absolute Gasteiger partial charge is 0.382 e. The maximum atomic E-state index is 13.6. The van der Waals surface area contributed by atoms with Gasteiger partial charge in [-0.25, -0.2) is 13.9 Å². The average Bonchev–Trinajstić information content (AvgIpc) is 2.68. The van der Waals surface area contributed by atoms with Crippen molar-refractivity contribution in [2.75, 3.05) is 5.73 Å². The number of nitrogens with two attached hydrogens (primary N) is 1. The maximum absolute atomic E-state index is 13.6. The molecule has 0 aliphatic heterocycles. The first-order chi connectivity index (χ1) is 8.24. The maximum Gasteiger partial charge on any atom is 0.157 e. The van der Waals surface area contributed by atoms with E-state index in [9.17, 15) is 4.39 Å². The van der Waals surface area contributed by atoms with Crippen LogP contribution in [-0.2, 0) is 0 Å². The molecule has 0 saturated heterocycles. The molecule has 1 aromatic carbocycles. The summed E-state index contributed by atoms with van der Waals surface area (Å²) in [5.41, 5.74) is 7.37. The fourth-order valence-corrected chi connectivity index (χ4v) is 1.73. The molecule has 0 atom stereocenters. The zero-order chi connectivity index (χ0) is 11.8. The molecule has 0 spiro atoms. The summed E-state index contributed by atoms with van der Waals surface area (Å²) >= 11 is 0. The Morgan fingerprint density at radius 1 is 1.24 bits per heavy atom. The number of aromatic nitrogens is 3. The lowest BCUT2D eigenvalue weighted by molar-refractivity contribution is 0.631. The van der Waals surface area contributed by atoms with E-state index in [1.807, 2.05) is 0 Å². The van der Waals surface area contributed by atoms with Gasteiger partial charge in [-0.15, -0.1) is 5.10 Å². The molecule has 0 fully saturated rings. The van der Waals surface area contributed by atoms with E-state index in [4.69, 9.17) is 5.73 Å². The van der Waals surface area contributed by atoms with Crippen molar-refractivity contribution in [3.8, 4) is 11.1 Å². The van der Waals surface area contributed by atoms with Crippen molar-refractivity contribution in [2.24, 2.45) is 0 Å². The van der Waals surface area contributed by atoms with E-state index in [-0.39, 0.29) is 5.82 Å². The monoisotopic (exact) mass is 228 g/mol. The zero-order valence-electron chi connectivity index (χ0n) is 8.84. The van der Waals surface area contributed by atoms with Crippen molar-refractivity contribution < 1.29 is 4.39 Å². The molecular weight excluding hydrogens is 219 g/mol. The van der Waals surface area contributed by atoms with Crippen LogP contribution in [0, 0.1) is 5.82 Å². The molecule has 2 heterocycles. The highest BCUT2D eigenvalue weighted by Gasteiger charge is 2.06. The van der Waals surface area contributed by atoms with Crippen LogP contribution in [0.4, 0.5) is 10.2 Å². The molecule has 0 radical (unpaired) electrons. The average molecular weight is 228 g/mol. The van der Waals surface area contributed by atoms with E-state index < -0.39 is 0 Å². The first-order valence-electron chi connectivity index (χ1n) is 5.10. The lowest BCUT2D eigenvalue weighted by Gasteiger charge is -2.02. The molecule has 0 unspecified atom stereocenters. The third-order valence-corrected chi connectivity index (χ3v) is 2.52. The molecule has 4 nitrogen and oxygen atoms in total. The van der Waals surface area contributed by atoms with Gasteiger partial charge in [0, 0.05) is 29.6 Å². The first kappa shape index (κ1) is 9.77. The van der Waals surface area contributed by atoms with E-state index >= 15 is 0 Å². The summed E-state index contributed by atoms with van der Waals surface area (Å²) in [6.07, 6.45) is 3.31. The number of halogens is 1. The molecule has 0 saturated carbocycles. The predicted octanol–water partition coefficient (Wildman–Crippen LogP) is 2.12. The van der Waals surface area contributed by atoms with E-state index in [2.05, 4.69) is 10.1 Å². The molecule has 0 amide bonds. The van der Waals surface area contributed by atoms with Gasteiger partial charge in [-0.05, 0) is 6.07 Å². The first-order valence-corrected chi connectivity index (χ1v) is 5.10. The van der Waals surface area contributed by atoms with Crippen molar-refractivity contribution >= 4 is 11.5 Å². The van der Waals surface area contributed by atoms with Gasteiger partial charge >= 0.3 is 0 Å². The summed E-state index contributed by atoms with van der Waals surface area (Å²) in [7, 11) is 0. The molecule has 0 bridgehead atoms. The van der Waals surface area contributed by atoms with Crippen molar-refractivity contribution in [3.05, 3.63) is 48.5 Å². The number of benzene rings is 1. The van der Waals surface area contributed by atoms with Gasteiger partial charge in [0.2, 0.25) is 0 Å². The van der Waals surface area contributed by atoms with E-state index in [1.54, 1.807) is 36.7 Å². The predicted molar refractivity (Wildman–Crippen MR) is 62.8 cm³/mol. The zero-order valence-corrected chi connectivity index (χ0v) is 8.84. The fraction of sp³-hybridized carbons (Fsp3) is 0. The summed E-state index contributed by atoms with van der Waals surface area (Å²) in [5, 5.41) is 4.04. The number of hydrogen-bond donors (Lipinski definition) is 1. The Morgan fingerprint density at radius 2 is 2.06 bits per heavy atom. The summed E-state index contributed by atoms with van der Waals surface area (Å²) in [4.78, 5) is 4.17. The second kappa shape index (κ2) is 3.55. The Balaban J connectivity index is 2.21. The number of anilines is 1. The highest BCUT2D eigenvalue weighted by molar-refractivity contribution is 5.64. The quantitative estimate of drug-likeness (QED) is 0.694. The Bertz CT molecular complexity index is 690. The molecule has 5 heteroatoms. The second-order valence-corrected chi connectivity index (χ2v) is 3.69. The smallest absolute Gasteiger partial charge is 0.157 e. The van der Waals surface area contributed by atoms with Crippen molar-refractivity contribution in [1.29, 1.82) is 0 Å². The van der Waals surface area contributed by atoms with E-state index in [1.165, 1.54) is 10.6 Å². The van der Waals surface area contributed by atoms with Gasteiger partial charge in [0.25, 0.3) is 0 Å². The molecule has 2 N–H and O–H groups in total. The molecule has 3 aromatic rings. The van der Waals surface area contributed by atoms with Crippen molar-refractivity contribution in [2.45, 2.75) is 0 Å². The topological polar surface area (TPSA) is 56.2 Å². The fourth-order valence-electron chi connectivity index (χ4n) is 1.73. The van der Waals surface area contributed by atoms with Crippen LogP contribution in [-0.4, -0.2) is 14.6 Å². The van der Waals surface area contributed by atoms with Gasteiger partial charge in [0.1, 0.15) is 11.6 Å². The Labute approximate surface area is 96.5 Å². The standard InChI is InChI=1S/C12H9FN4/c13-10-4-2-1-3-9(10)8-6-15-12-5-11(14)16-17(12)7-8/h1-7H,(H2,14,16). The summed E-state index contributed by atoms with van der Waals surface area (Å²) in [6.45, 7) is 0. The third-order valence-electron chi connectivity index (χ3n) is 2.52. The lowest BCUT2D eigenvalue weighted by Crippen LogP contribution is -1.93. The van der Waals surface area contributed by atoms with Crippen LogP contribution in [0.15, 0.2) is 42.7 Å². The van der Waals surface area contributed by atoms with Gasteiger partial charge in [0.15, 0.2) is 5.65 Å². The summed E-state index contributed by atoms with van der Waals surface area (Å²) in [6, 6.07) is 8.20. The SMILES string of the molecule is Nc1cc2ncc(-c3ccccc3F)cn2n1. The van der Waals surface area contributed by atoms with Crippen LogP contribution in [0.2, 0.25) is 0 Å². The van der Waals surface area contributed by atoms with Crippen LogP contribution in [0.3, 0.4) is 0 Å². The normalized spacial score (nSPS) is 10.9. The minimum Gasteiger partial charge on any atom is -0.382 e. The van der Waals surface area contributed by atoms with Crippen LogP contribution in [0.1, 0.15) is 0 Å². The van der Waals surface area contributed by atoms with Gasteiger partial charge in [0.05, 0.1) is 0 Å². The second-order valence-electron chi connectivity index (χ2n) is 3.69. The van der Waals surface area contributed by atoms with Crippen LogP contribution < -0.4 is 5.73 Å². The minimum absolute atomic E-state index is 0.284. The molecule has 17 heavy (non-hydrogen) atoms. The highest BCUT2D eigenvalue weighted by atomic mass is 19.1. The number of rotatable bonds is 1. The Kier molecular flexibility index (Phi) is 2.04. The van der Waals surface area contributed by atoms with Crippen molar-refractivity contribution in [3.63, 3.8) is 0 Å². The van der Waals surface area contributed by atoms with Gasteiger partial charge in [-0.1, -0.05) is 18.2 Å². The number of fused-ring (bicyclic) bond motifs is 1. The Hall–Kier alpha value is -2.43. The number of hydrogen-bond acceptors (Lipinski definition) is 3. The number of nitrogen functional groups attached to an aromatic ring is 1. The van der Waals surface area contributed by atoms with Crippen LogP contribution in [0.5, 0.6) is 0 Å². The molecule has 3 rings (SSSR count). The van der Waals surface area contributed by atoms with E-state index in [0.29, 0.717) is 22.6 Å². The third kappa shape index (κ3) is 1.61. The summed E-state index contributed by atoms with van der Waals surface area (Å²) in [5.74, 6) is 0.108. The molecule has 84 valence electrons. The summed E-state index contributed by atoms with van der Waals surface area (Å²) < 4.78 is 15.1. The molecular formula is C12H9FN4. The van der Waals surface area contributed by atoms with Gasteiger partial charge in [-0.2, -0.15) is 0 Å². The van der Waals surface area contributed by atoms with E-state index in [0.717, 1.165) is 0 Å². The van der Waals surface area contributed by atoms with Crippen molar-refractivity contribution in [1.82, 2.24) is 14.6 Å². The Morgan fingerprint density at radius 3 is 2.88 bits per heavy atom. The van der Waals surface area contributed by atoms with Gasteiger partial charge < -0.3 is 5.73 Å². The lowest BCUT2D eigenvalue weighted by atomic mass is 10.1. The minimum atomic E-state index is -0.284. The molecule has 2 aromatic heterocycles. The van der Waals surface area contributed by atoms with Crippen LogP contribution in [0.25, 0.3) is 16.8 Å². The molecule has 0 aliphatic carbocycles. The molecule has 0 aliphatic rings. The number of nitrogens with zero attached hydrogens (tertiary/aromatic N) is 3. The van der Waals surface area contributed by atoms with Crippen LogP contribution >= 0.6 is 0 Å². The highest BCUT2D eigenvalue weighted by Crippen LogP contribution is 2.21.